The van der Waals surface area contributed by atoms with E-state index in [1.54, 1.807) is 0 Å². The van der Waals surface area contributed by atoms with Gasteiger partial charge in [0.15, 0.2) is 0 Å². The molecule has 1 aromatic carbocycles. The summed E-state index contributed by atoms with van der Waals surface area (Å²) < 4.78 is 18.0. The van der Waals surface area contributed by atoms with E-state index in [1.807, 2.05) is 0 Å². The number of amides is 2. The Labute approximate surface area is 116 Å². The number of methoxy groups -OCH3 is 1. The number of hydrogen-bond acceptors (Lipinski definition) is 4. The van der Waals surface area contributed by atoms with E-state index in [1.165, 1.54) is 25.1 Å². The highest BCUT2D eigenvalue weighted by atomic mass is 19.1. The highest BCUT2D eigenvalue weighted by Gasteiger charge is 2.15. The predicted octanol–water partition coefficient (Wildman–Crippen LogP) is 0.243. The summed E-state index contributed by atoms with van der Waals surface area (Å²) in [4.78, 5) is 24.7. The summed E-state index contributed by atoms with van der Waals surface area (Å²) in [7, 11) is 2.98. The van der Waals surface area contributed by atoms with Crippen molar-refractivity contribution in [1.82, 2.24) is 10.2 Å². The molecule has 0 aromatic heterocycles. The standard InChI is InChI=1S/C13H18FN3O3/c1-17(8-12(18)16-3-4-20-2)13(19)9-5-10(14)7-11(15)6-9/h5-7H,3-4,8,15H2,1-2H3,(H,16,18). The number of anilines is 1. The number of likely N-dealkylation sites (N-methyl/N-ethyl adjacent to an activating group) is 1. The third-order valence-corrected chi connectivity index (χ3v) is 2.52. The first-order valence-corrected chi connectivity index (χ1v) is 6.01. The van der Waals surface area contributed by atoms with Crippen LogP contribution in [-0.4, -0.2) is 50.6 Å². The van der Waals surface area contributed by atoms with Crippen LogP contribution in [-0.2, 0) is 9.53 Å². The van der Waals surface area contributed by atoms with Crippen LogP contribution < -0.4 is 11.1 Å². The maximum atomic E-state index is 13.2. The zero-order chi connectivity index (χ0) is 15.1. The third kappa shape index (κ3) is 4.85. The van der Waals surface area contributed by atoms with Crippen LogP contribution in [0.25, 0.3) is 0 Å². The van der Waals surface area contributed by atoms with Crippen LogP contribution in [0.3, 0.4) is 0 Å². The van der Waals surface area contributed by atoms with Gasteiger partial charge in [-0.2, -0.15) is 0 Å². The second-order valence-electron chi connectivity index (χ2n) is 4.28. The normalized spacial score (nSPS) is 10.2. The number of nitrogens with zero attached hydrogens (tertiary/aromatic N) is 1. The lowest BCUT2D eigenvalue weighted by molar-refractivity contribution is -0.121. The highest BCUT2D eigenvalue weighted by Crippen LogP contribution is 2.12. The van der Waals surface area contributed by atoms with Gasteiger partial charge in [-0.25, -0.2) is 4.39 Å². The monoisotopic (exact) mass is 283 g/mol. The largest absolute Gasteiger partial charge is 0.399 e. The van der Waals surface area contributed by atoms with Crippen LogP contribution in [0.15, 0.2) is 18.2 Å². The number of carbonyl (C=O) groups is 2. The molecule has 2 amide bonds. The SMILES string of the molecule is COCCNC(=O)CN(C)C(=O)c1cc(N)cc(F)c1. The molecular formula is C13H18FN3O3. The fourth-order valence-electron chi connectivity index (χ4n) is 1.59. The van der Waals surface area contributed by atoms with Gasteiger partial charge in [0.25, 0.3) is 5.91 Å². The number of hydrogen-bond donors (Lipinski definition) is 2. The molecule has 0 saturated heterocycles. The Hall–Kier alpha value is -2.15. The summed E-state index contributed by atoms with van der Waals surface area (Å²) in [5, 5.41) is 2.59. The summed E-state index contributed by atoms with van der Waals surface area (Å²) in [5.74, 6) is -1.38. The molecule has 0 aliphatic heterocycles. The van der Waals surface area contributed by atoms with Crippen molar-refractivity contribution in [3.05, 3.63) is 29.6 Å². The van der Waals surface area contributed by atoms with Gasteiger partial charge in [0, 0.05) is 32.0 Å². The molecule has 1 aromatic rings. The molecule has 20 heavy (non-hydrogen) atoms. The molecule has 110 valence electrons. The molecule has 0 atom stereocenters. The maximum Gasteiger partial charge on any atom is 0.254 e. The average molecular weight is 283 g/mol. The summed E-state index contributed by atoms with van der Waals surface area (Å²) in [5.41, 5.74) is 5.74. The van der Waals surface area contributed by atoms with Gasteiger partial charge in [-0.05, 0) is 18.2 Å². The van der Waals surface area contributed by atoms with Crippen molar-refractivity contribution in [1.29, 1.82) is 0 Å². The van der Waals surface area contributed by atoms with Crippen LogP contribution in [0.1, 0.15) is 10.4 Å². The summed E-state index contributed by atoms with van der Waals surface area (Å²) in [6, 6.07) is 3.57. The van der Waals surface area contributed by atoms with E-state index >= 15 is 0 Å². The van der Waals surface area contributed by atoms with Gasteiger partial charge >= 0.3 is 0 Å². The smallest absolute Gasteiger partial charge is 0.254 e. The Balaban J connectivity index is 2.60. The van der Waals surface area contributed by atoms with Gasteiger partial charge in [0.2, 0.25) is 5.91 Å². The Bertz CT molecular complexity index is 473. The Morgan fingerprint density at radius 2 is 2.10 bits per heavy atom. The second-order valence-corrected chi connectivity index (χ2v) is 4.28. The number of carbonyl (C=O) groups excluding carboxylic acids is 2. The van der Waals surface area contributed by atoms with Gasteiger partial charge < -0.3 is 20.7 Å². The van der Waals surface area contributed by atoms with E-state index in [9.17, 15) is 14.0 Å². The van der Waals surface area contributed by atoms with Crippen molar-refractivity contribution in [2.75, 3.05) is 39.6 Å². The molecule has 0 bridgehead atoms. The third-order valence-electron chi connectivity index (χ3n) is 2.52. The Morgan fingerprint density at radius 1 is 1.40 bits per heavy atom. The van der Waals surface area contributed by atoms with Crippen molar-refractivity contribution in [2.45, 2.75) is 0 Å². The number of nitrogen functional groups attached to an aromatic ring is 1. The van der Waals surface area contributed by atoms with E-state index in [4.69, 9.17) is 10.5 Å². The molecule has 0 saturated carbocycles. The van der Waals surface area contributed by atoms with Gasteiger partial charge in [-0.1, -0.05) is 0 Å². The van der Waals surface area contributed by atoms with Gasteiger partial charge in [-0.3, -0.25) is 9.59 Å². The summed E-state index contributed by atoms with van der Waals surface area (Å²) >= 11 is 0. The molecule has 6 nitrogen and oxygen atoms in total. The lowest BCUT2D eigenvalue weighted by Crippen LogP contribution is -2.39. The van der Waals surface area contributed by atoms with Crippen molar-refractivity contribution in [3.63, 3.8) is 0 Å². The number of nitrogens with one attached hydrogen (secondary N) is 1. The fraction of sp³-hybridized carbons (Fsp3) is 0.385. The molecule has 0 heterocycles. The molecular weight excluding hydrogens is 265 g/mol. The molecule has 0 fully saturated rings. The van der Waals surface area contributed by atoms with Crippen LogP contribution >= 0.6 is 0 Å². The molecule has 0 unspecified atom stereocenters. The molecule has 0 spiro atoms. The van der Waals surface area contributed by atoms with E-state index in [0.717, 1.165) is 12.1 Å². The fourth-order valence-corrected chi connectivity index (χ4v) is 1.59. The topological polar surface area (TPSA) is 84.7 Å². The van der Waals surface area contributed by atoms with Gasteiger partial charge in [0.1, 0.15) is 5.82 Å². The second kappa shape index (κ2) is 7.44. The highest BCUT2D eigenvalue weighted by molar-refractivity contribution is 5.97. The molecule has 7 heteroatoms. The Morgan fingerprint density at radius 3 is 2.70 bits per heavy atom. The minimum Gasteiger partial charge on any atom is -0.399 e. The Kier molecular flexibility index (Phi) is 5.92. The average Bonchev–Trinajstić information content (AvgIpc) is 2.36. The quantitative estimate of drug-likeness (QED) is 0.578. The minimum atomic E-state index is -0.591. The number of halogens is 1. The number of nitrogens with two attached hydrogens (primary N) is 1. The molecule has 1 rings (SSSR count). The van der Waals surface area contributed by atoms with E-state index < -0.39 is 11.7 Å². The van der Waals surface area contributed by atoms with E-state index in [0.29, 0.717) is 13.2 Å². The van der Waals surface area contributed by atoms with Gasteiger partial charge in [0.05, 0.1) is 13.2 Å². The van der Waals surface area contributed by atoms with E-state index in [2.05, 4.69) is 5.32 Å². The van der Waals surface area contributed by atoms with Crippen LogP contribution in [0.2, 0.25) is 0 Å². The molecule has 0 aliphatic rings. The number of ether oxygens (including phenoxy) is 1. The van der Waals surface area contributed by atoms with Crippen LogP contribution in [0, 0.1) is 5.82 Å². The zero-order valence-electron chi connectivity index (χ0n) is 11.5. The van der Waals surface area contributed by atoms with Crippen LogP contribution in [0.5, 0.6) is 0 Å². The maximum absolute atomic E-state index is 13.2. The first kappa shape index (κ1) is 15.9. The lowest BCUT2D eigenvalue weighted by atomic mass is 10.1. The number of rotatable bonds is 6. The zero-order valence-corrected chi connectivity index (χ0v) is 11.5. The number of benzene rings is 1. The van der Waals surface area contributed by atoms with Crippen molar-refractivity contribution >= 4 is 17.5 Å². The van der Waals surface area contributed by atoms with Gasteiger partial charge in [-0.15, -0.1) is 0 Å². The van der Waals surface area contributed by atoms with Crippen molar-refractivity contribution < 1.29 is 18.7 Å². The lowest BCUT2D eigenvalue weighted by Gasteiger charge is -2.17. The van der Waals surface area contributed by atoms with E-state index in [-0.39, 0.29) is 23.7 Å². The summed E-state index contributed by atoms with van der Waals surface area (Å²) in [6.07, 6.45) is 0. The molecule has 3 N–H and O–H groups in total. The van der Waals surface area contributed by atoms with Crippen LogP contribution in [0.4, 0.5) is 10.1 Å². The first-order valence-electron chi connectivity index (χ1n) is 6.01. The summed E-state index contributed by atoms with van der Waals surface area (Å²) in [6.45, 7) is 0.632. The van der Waals surface area contributed by atoms with Crippen molar-refractivity contribution in [3.8, 4) is 0 Å². The first-order chi connectivity index (χ1) is 9.43. The predicted molar refractivity (Wildman–Crippen MR) is 72.7 cm³/mol. The minimum absolute atomic E-state index is 0.106. The van der Waals surface area contributed by atoms with Crippen molar-refractivity contribution in [2.24, 2.45) is 0 Å². The molecule has 0 radical (unpaired) electrons. The molecule has 0 aliphatic carbocycles.